The van der Waals surface area contributed by atoms with E-state index < -0.39 is 12.1 Å². The zero-order chi connectivity index (χ0) is 18.1. The predicted octanol–water partition coefficient (Wildman–Crippen LogP) is 4.57. The Balaban J connectivity index is 1.59. The van der Waals surface area contributed by atoms with E-state index in [1.807, 2.05) is 48.7 Å². The van der Waals surface area contributed by atoms with Crippen molar-refractivity contribution in [3.8, 4) is 10.8 Å². The molecule has 0 fully saturated rings. The molecule has 0 N–H and O–H groups in total. The minimum atomic E-state index is -0.657. The minimum absolute atomic E-state index is 0.261. The highest BCUT2D eigenvalue weighted by Gasteiger charge is 2.21. The van der Waals surface area contributed by atoms with E-state index in [9.17, 15) is 4.79 Å². The summed E-state index contributed by atoms with van der Waals surface area (Å²) >= 11 is 1.50. The van der Waals surface area contributed by atoms with Gasteiger partial charge >= 0.3 is 5.97 Å². The maximum absolute atomic E-state index is 12.7. The first-order valence-corrected chi connectivity index (χ1v) is 8.94. The zero-order valence-electron chi connectivity index (χ0n) is 14.2. The molecule has 7 heteroatoms. The van der Waals surface area contributed by atoms with E-state index in [1.54, 1.807) is 13.0 Å². The Kier molecular flexibility index (Phi) is 4.22. The van der Waals surface area contributed by atoms with Crippen LogP contribution in [-0.4, -0.2) is 21.2 Å². The molecule has 1 aromatic carbocycles. The molecule has 1 atom stereocenters. The van der Waals surface area contributed by atoms with Gasteiger partial charge in [-0.2, -0.15) is 0 Å². The van der Waals surface area contributed by atoms with Crippen molar-refractivity contribution in [3.05, 3.63) is 65.0 Å². The van der Waals surface area contributed by atoms with Gasteiger partial charge in [0.2, 0.25) is 0 Å². The van der Waals surface area contributed by atoms with Crippen LogP contribution in [0.5, 0.6) is 0 Å². The molecule has 0 bridgehead atoms. The van der Waals surface area contributed by atoms with Crippen LogP contribution < -0.4 is 0 Å². The molecule has 6 nitrogen and oxygen atoms in total. The quantitative estimate of drug-likeness (QED) is 0.493. The van der Waals surface area contributed by atoms with Crippen LogP contribution in [0.15, 0.2) is 52.3 Å². The summed E-state index contributed by atoms with van der Waals surface area (Å²) in [7, 11) is 0. The van der Waals surface area contributed by atoms with Crippen molar-refractivity contribution < 1.29 is 13.9 Å². The first-order chi connectivity index (χ1) is 12.6. The fourth-order valence-electron chi connectivity index (χ4n) is 2.65. The molecular formula is C19H15N3O3S. The van der Waals surface area contributed by atoms with E-state index in [2.05, 4.69) is 15.2 Å². The molecule has 0 unspecified atom stereocenters. The molecule has 26 heavy (non-hydrogen) atoms. The molecule has 4 rings (SSSR count). The summed E-state index contributed by atoms with van der Waals surface area (Å²) in [6, 6.07) is 13.0. The van der Waals surface area contributed by atoms with Crippen LogP contribution >= 0.6 is 11.3 Å². The summed E-state index contributed by atoms with van der Waals surface area (Å²) in [5.41, 5.74) is 1.98. The van der Waals surface area contributed by atoms with Gasteiger partial charge in [-0.15, -0.1) is 21.5 Å². The number of carbonyl (C=O) groups excluding carboxylic acids is 1. The van der Waals surface area contributed by atoms with Crippen molar-refractivity contribution >= 4 is 28.2 Å². The highest BCUT2D eigenvalue weighted by molar-refractivity contribution is 7.13. The largest absolute Gasteiger partial charge is 0.449 e. The van der Waals surface area contributed by atoms with Crippen molar-refractivity contribution in [2.24, 2.45) is 0 Å². The molecule has 0 aliphatic carbocycles. The van der Waals surface area contributed by atoms with E-state index in [0.717, 1.165) is 21.5 Å². The Hall–Kier alpha value is -3.06. The van der Waals surface area contributed by atoms with Gasteiger partial charge in [-0.1, -0.05) is 24.3 Å². The highest BCUT2D eigenvalue weighted by atomic mass is 32.1. The number of aromatic nitrogens is 3. The number of hydrogen-bond donors (Lipinski definition) is 0. The van der Waals surface area contributed by atoms with Crippen molar-refractivity contribution in [2.75, 3.05) is 0 Å². The summed E-state index contributed by atoms with van der Waals surface area (Å²) in [6.45, 7) is 3.55. The fraction of sp³-hybridized carbons (Fsp3) is 0.158. The second kappa shape index (κ2) is 6.68. The molecule has 0 aliphatic rings. The van der Waals surface area contributed by atoms with Crippen LogP contribution in [0, 0.1) is 6.92 Å². The molecule has 0 spiro atoms. The zero-order valence-corrected chi connectivity index (χ0v) is 15.0. The molecule has 130 valence electrons. The van der Waals surface area contributed by atoms with Gasteiger partial charge in [-0.3, -0.25) is 4.98 Å². The van der Waals surface area contributed by atoms with Crippen molar-refractivity contribution in [3.63, 3.8) is 0 Å². The van der Waals surface area contributed by atoms with Crippen LogP contribution in [0.1, 0.15) is 35.0 Å². The Morgan fingerprint density at radius 2 is 2.04 bits per heavy atom. The summed E-state index contributed by atoms with van der Waals surface area (Å²) in [5.74, 6) is 0.231. The Bertz CT molecular complexity index is 1070. The van der Waals surface area contributed by atoms with Crippen LogP contribution in [0.4, 0.5) is 0 Å². The number of fused-ring (bicyclic) bond motifs is 1. The maximum Gasteiger partial charge on any atom is 0.339 e. The van der Waals surface area contributed by atoms with Gasteiger partial charge in [-0.05, 0) is 37.4 Å². The lowest BCUT2D eigenvalue weighted by Gasteiger charge is -2.11. The lowest BCUT2D eigenvalue weighted by atomic mass is 10.1. The van der Waals surface area contributed by atoms with Crippen molar-refractivity contribution in [1.29, 1.82) is 0 Å². The number of benzene rings is 1. The predicted molar refractivity (Wildman–Crippen MR) is 97.9 cm³/mol. The van der Waals surface area contributed by atoms with Gasteiger partial charge < -0.3 is 9.15 Å². The maximum atomic E-state index is 12.7. The molecule has 0 amide bonds. The molecule has 4 aromatic rings. The number of esters is 1. The van der Waals surface area contributed by atoms with Crippen LogP contribution in [0.3, 0.4) is 0 Å². The molecular weight excluding hydrogens is 350 g/mol. The van der Waals surface area contributed by atoms with E-state index in [1.165, 1.54) is 11.3 Å². The smallest absolute Gasteiger partial charge is 0.339 e. The summed E-state index contributed by atoms with van der Waals surface area (Å²) < 4.78 is 11.2. The fourth-order valence-corrected chi connectivity index (χ4v) is 3.29. The summed E-state index contributed by atoms with van der Waals surface area (Å²) in [4.78, 5) is 18.0. The molecule has 0 radical (unpaired) electrons. The number of nitrogens with zero attached hydrogens (tertiary/aromatic N) is 3. The number of carbonyl (C=O) groups is 1. The van der Waals surface area contributed by atoms with E-state index in [-0.39, 0.29) is 5.89 Å². The monoisotopic (exact) mass is 365 g/mol. The Labute approximate surface area is 153 Å². The molecule has 0 aliphatic heterocycles. The van der Waals surface area contributed by atoms with Crippen molar-refractivity contribution in [1.82, 2.24) is 15.2 Å². The second-order valence-electron chi connectivity index (χ2n) is 5.80. The standard InChI is InChI=1S/C19H15N3O3S/c1-11-10-14(13-6-3-4-7-15(13)20-11)19(23)24-12(2)17-21-22-18(25-17)16-8-5-9-26-16/h3-10,12H,1-2H3/t12-/m1/s1. The van der Waals surface area contributed by atoms with E-state index in [4.69, 9.17) is 9.15 Å². The van der Waals surface area contributed by atoms with Crippen LogP contribution in [-0.2, 0) is 4.74 Å². The molecule has 3 aromatic heterocycles. The second-order valence-corrected chi connectivity index (χ2v) is 6.75. The van der Waals surface area contributed by atoms with E-state index >= 15 is 0 Å². The van der Waals surface area contributed by atoms with Gasteiger partial charge in [0.05, 0.1) is 16.0 Å². The number of rotatable bonds is 4. The minimum Gasteiger partial charge on any atom is -0.449 e. The number of thiophene rings is 1. The lowest BCUT2D eigenvalue weighted by molar-refractivity contribution is 0.0282. The number of hydrogen-bond acceptors (Lipinski definition) is 7. The average Bonchev–Trinajstić information content (AvgIpc) is 3.32. The molecule has 3 heterocycles. The topological polar surface area (TPSA) is 78.1 Å². The highest BCUT2D eigenvalue weighted by Crippen LogP contribution is 2.27. The third-order valence-electron chi connectivity index (χ3n) is 3.87. The Morgan fingerprint density at radius 1 is 1.19 bits per heavy atom. The molecule has 0 saturated carbocycles. The summed E-state index contributed by atoms with van der Waals surface area (Å²) in [5, 5.41) is 10.7. The number of para-hydroxylation sites is 1. The van der Waals surface area contributed by atoms with Gasteiger partial charge in [-0.25, -0.2) is 4.79 Å². The van der Waals surface area contributed by atoms with Crippen molar-refractivity contribution in [2.45, 2.75) is 20.0 Å². The van der Waals surface area contributed by atoms with E-state index in [0.29, 0.717) is 11.5 Å². The van der Waals surface area contributed by atoms with Gasteiger partial charge in [0.15, 0.2) is 6.10 Å². The van der Waals surface area contributed by atoms with Crippen LogP contribution in [0.25, 0.3) is 21.7 Å². The molecule has 0 saturated heterocycles. The number of pyridine rings is 1. The van der Waals surface area contributed by atoms with Crippen LogP contribution in [0.2, 0.25) is 0 Å². The third-order valence-corrected chi connectivity index (χ3v) is 4.73. The summed E-state index contributed by atoms with van der Waals surface area (Å²) in [6.07, 6.45) is -0.657. The lowest BCUT2D eigenvalue weighted by Crippen LogP contribution is -2.11. The SMILES string of the molecule is Cc1cc(C(=O)O[C@H](C)c2nnc(-c3cccs3)o2)c2ccccc2n1. The number of ether oxygens (including phenoxy) is 1. The van der Waals surface area contributed by atoms with Gasteiger partial charge in [0, 0.05) is 11.1 Å². The normalized spacial score (nSPS) is 12.2. The van der Waals surface area contributed by atoms with Gasteiger partial charge in [0.1, 0.15) is 0 Å². The average molecular weight is 365 g/mol. The number of aryl methyl sites for hydroxylation is 1. The first-order valence-electron chi connectivity index (χ1n) is 8.06. The van der Waals surface area contributed by atoms with Gasteiger partial charge in [0.25, 0.3) is 11.8 Å². The first kappa shape index (κ1) is 16.4. The third kappa shape index (κ3) is 3.09. The Morgan fingerprint density at radius 3 is 2.85 bits per heavy atom.